The fourth-order valence-electron chi connectivity index (χ4n) is 2.77. The molecule has 3 N–H and O–H groups in total. The van der Waals surface area contributed by atoms with Gasteiger partial charge in [-0.05, 0) is 48.2 Å². The van der Waals surface area contributed by atoms with Crippen molar-refractivity contribution in [1.82, 2.24) is 4.90 Å². The highest BCUT2D eigenvalue weighted by Crippen LogP contribution is 2.33. The van der Waals surface area contributed by atoms with E-state index in [2.05, 4.69) is 28.7 Å². The quantitative estimate of drug-likeness (QED) is 0.845. The first-order chi connectivity index (χ1) is 8.27. The van der Waals surface area contributed by atoms with Crippen LogP contribution >= 0.6 is 11.3 Å². The molecule has 0 amide bonds. The van der Waals surface area contributed by atoms with Gasteiger partial charge in [-0.25, -0.2) is 0 Å². The second kappa shape index (κ2) is 5.96. The van der Waals surface area contributed by atoms with E-state index in [4.69, 9.17) is 5.73 Å². The number of rotatable bonds is 5. The highest BCUT2D eigenvalue weighted by Gasteiger charge is 2.34. The molecular weight excluding hydrogens is 232 g/mol. The van der Waals surface area contributed by atoms with Crippen LogP contribution in [0, 0.1) is 0 Å². The van der Waals surface area contributed by atoms with Crippen LogP contribution < -0.4 is 5.73 Å². The van der Waals surface area contributed by atoms with Crippen molar-refractivity contribution in [3.05, 3.63) is 22.4 Å². The van der Waals surface area contributed by atoms with Gasteiger partial charge in [0.25, 0.3) is 0 Å². The van der Waals surface area contributed by atoms with Crippen molar-refractivity contribution in [2.45, 2.75) is 44.3 Å². The summed E-state index contributed by atoms with van der Waals surface area (Å²) in [5.74, 6) is 0. The number of hydrogen-bond donors (Lipinski definition) is 2. The van der Waals surface area contributed by atoms with Crippen LogP contribution in [0.25, 0.3) is 0 Å². The van der Waals surface area contributed by atoms with Gasteiger partial charge in [-0.15, -0.1) is 0 Å². The molecule has 0 radical (unpaired) electrons. The molecule has 1 saturated heterocycles. The third-order valence-corrected chi connectivity index (χ3v) is 4.45. The van der Waals surface area contributed by atoms with Gasteiger partial charge in [-0.1, -0.05) is 6.92 Å². The minimum Gasteiger partial charge on any atom is -0.395 e. The molecule has 96 valence electrons. The molecule has 1 aromatic rings. The number of aliphatic hydroxyl groups excluding tert-OH is 1. The zero-order valence-corrected chi connectivity index (χ0v) is 11.2. The Bertz CT molecular complexity index is 328. The van der Waals surface area contributed by atoms with Gasteiger partial charge in [-0.3, -0.25) is 4.90 Å². The van der Waals surface area contributed by atoms with E-state index in [0.29, 0.717) is 0 Å². The zero-order valence-electron chi connectivity index (χ0n) is 10.4. The molecule has 4 heteroatoms. The first kappa shape index (κ1) is 13.0. The minimum absolute atomic E-state index is 0.150. The Balaban J connectivity index is 2.21. The number of thiophene rings is 1. The second-order valence-electron chi connectivity index (χ2n) is 4.79. The fraction of sp³-hybridized carbons (Fsp3) is 0.692. The van der Waals surface area contributed by atoms with Crippen LogP contribution in [-0.4, -0.2) is 35.2 Å². The average Bonchev–Trinajstić information content (AvgIpc) is 3.00. The van der Waals surface area contributed by atoms with E-state index in [1.807, 2.05) is 0 Å². The smallest absolute Gasteiger partial charge is 0.0587 e. The van der Waals surface area contributed by atoms with Crippen LogP contribution in [0.5, 0.6) is 0 Å². The summed E-state index contributed by atoms with van der Waals surface area (Å²) in [6.45, 7) is 3.44. The Hall–Kier alpha value is -0.420. The van der Waals surface area contributed by atoms with Crippen molar-refractivity contribution in [3.63, 3.8) is 0 Å². The SMILES string of the molecule is CCC(N)C(c1ccsc1)N1CCCC1CO. The summed E-state index contributed by atoms with van der Waals surface area (Å²) in [5.41, 5.74) is 7.60. The zero-order chi connectivity index (χ0) is 12.3. The van der Waals surface area contributed by atoms with E-state index < -0.39 is 0 Å². The van der Waals surface area contributed by atoms with E-state index in [1.165, 1.54) is 12.0 Å². The highest BCUT2D eigenvalue weighted by molar-refractivity contribution is 7.07. The maximum Gasteiger partial charge on any atom is 0.0587 e. The molecule has 1 aliphatic rings. The van der Waals surface area contributed by atoms with Gasteiger partial charge in [0.05, 0.1) is 12.6 Å². The molecule has 17 heavy (non-hydrogen) atoms. The Morgan fingerprint density at radius 3 is 3.06 bits per heavy atom. The van der Waals surface area contributed by atoms with Crippen LogP contribution in [0.3, 0.4) is 0 Å². The molecule has 2 heterocycles. The summed E-state index contributed by atoms with van der Waals surface area (Å²) in [6.07, 6.45) is 3.23. The predicted octanol–water partition coefficient (Wildman–Crippen LogP) is 1.98. The lowest BCUT2D eigenvalue weighted by molar-refractivity contribution is 0.104. The number of nitrogens with zero attached hydrogens (tertiary/aromatic N) is 1. The molecule has 0 aromatic carbocycles. The van der Waals surface area contributed by atoms with E-state index in [9.17, 15) is 5.11 Å². The second-order valence-corrected chi connectivity index (χ2v) is 5.57. The van der Waals surface area contributed by atoms with E-state index in [-0.39, 0.29) is 24.7 Å². The number of likely N-dealkylation sites (tertiary alicyclic amines) is 1. The Labute approximate surface area is 107 Å². The molecule has 2 rings (SSSR count). The summed E-state index contributed by atoms with van der Waals surface area (Å²) < 4.78 is 0. The highest BCUT2D eigenvalue weighted by atomic mass is 32.1. The van der Waals surface area contributed by atoms with Crippen molar-refractivity contribution in [3.8, 4) is 0 Å². The summed E-state index contributed by atoms with van der Waals surface area (Å²) in [4.78, 5) is 2.40. The number of hydrogen-bond acceptors (Lipinski definition) is 4. The molecule has 0 saturated carbocycles. The Morgan fingerprint density at radius 1 is 1.65 bits per heavy atom. The van der Waals surface area contributed by atoms with E-state index in [1.54, 1.807) is 11.3 Å². The summed E-state index contributed by atoms with van der Waals surface area (Å²) >= 11 is 1.72. The average molecular weight is 254 g/mol. The van der Waals surface area contributed by atoms with Crippen molar-refractivity contribution >= 4 is 11.3 Å². The van der Waals surface area contributed by atoms with Crippen LogP contribution in [0.15, 0.2) is 16.8 Å². The normalized spacial score (nSPS) is 25.0. The molecule has 1 aromatic heterocycles. The van der Waals surface area contributed by atoms with Crippen LogP contribution in [0.2, 0.25) is 0 Å². The van der Waals surface area contributed by atoms with Crippen molar-refractivity contribution in [2.24, 2.45) is 5.73 Å². The maximum absolute atomic E-state index is 9.46. The van der Waals surface area contributed by atoms with Gasteiger partial charge >= 0.3 is 0 Å². The summed E-state index contributed by atoms with van der Waals surface area (Å²) in [7, 11) is 0. The molecular formula is C13H22N2OS. The number of nitrogens with two attached hydrogens (primary N) is 1. The summed E-state index contributed by atoms with van der Waals surface area (Å²) in [5, 5.41) is 13.8. The molecule has 0 bridgehead atoms. The van der Waals surface area contributed by atoms with Crippen LogP contribution in [0.4, 0.5) is 0 Å². The minimum atomic E-state index is 0.150. The molecule has 1 fully saturated rings. The lowest BCUT2D eigenvalue weighted by atomic mass is 9.98. The van der Waals surface area contributed by atoms with Gasteiger partial charge in [0.1, 0.15) is 0 Å². The predicted molar refractivity (Wildman–Crippen MR) is 72.1 cm³/mol. The maximum atomic E-state index is 9.46. The summed E-state index contributed by atoms with van der Waals surface area (Å²) in [6, 6.07) is 2.87. The topological polar surface area (TPSA) is 49.5 Å². The molecule has 3 nitrogen and oxygen atoms in total. The van der Waals surface area contributed by atoms with Gasteiger partial charge in [-0.2, -0.15) is 11.3 Å². The van der Waals surface area contributed by atoms with Crippen molar-refractivity contribution in [1.29, 1.82) is 0 Å². The monoisotopic (exact) mass is 254 g/mol. The van der Waals surface area contributed by atoms with Gasteiger partial charge in [0, 0.05) is 12.1 Å². The van der Waals surface area contributed by atoms with Crippen LogP contribution in [-0.2, 0) is 0 Å². The number of aliphatic hydroxyl groups is 1. The third-order valence-electron chi connectivity index (χ3n) is 3.75. The van der Waals surface area contributed by atoms with Gasteiger partial charge < -0.3 is 10.8 Å². The molecule has 0 aliphatic carbocycles. The fourth-order valence-corrected chi connectivity index (χ4v) is 3.46. The van der Waals surface area contributed by atoms with Crippen molar-refractivity contribution in [2.75, 3.05) is 13.2 Å². The lowest BCUT2D eigenvalue weighted by Gasteiger charge is -2.35. The molecule has 3 atom stereocenters. The Morgan fingerprint density at radius 2 is 2.47 bits per heavy atom. The van der Waals surface area contributed by atoms with E-state index in [0.717, 1.165) is 19.4 Å². The molecule has 1 aliphatic heterocycles. The third kappa shape index (κ3) is 2.71. The van der Waals surface area contributed by atoms with Crippen LogP contribution in [0.1, 0.15) is 37.8 Å². The lowest BCUT2D eigenvalue weighted by Crippen LogP contribution is -2.44. The van der Waals surface area contributed by atoms with Gasteiger partial charge in [0.15, 0.2) is 0 Å². The molecule has 0 spiro atoms. The molecule has 3 unspecified atom stereocenters. The standard InChI is InChI=1S/C13H22N2OS/c1-2-12(14)13(10-5-7-17-9-10)15-6-3-4-11(15)8-16/h5,7,9,11-13,16H,2-4,6,8,14H2,1H3. The Kier molecular flexibility index (Phi) is 4.56. The van der Waals surface area contributed by atoms with E-state index >= 15 is 0 Å². The largest absolute Gasteiger partial charge is 0.395 e. The first-order valence-corrected chi connectivity index (χ1v) is 7.36. The first-order valence-electron chi connectivity index (χ1n) is 6.42. The van der Waals surface area contributed by atoms with Crippen molar-refractivity contribution < 1.29 is 5.11 Å². The van der Waals surface area contributed by atoms with Gasteiger partial charge in [0.2, 0.25) is 0 Å².